The van der Waals surface area contributed by atoms with Crippen LogP contribution < -0.4 is 4.89 Å². The standard InChI is InChI=1S/C46H80NO9P/c1-6-8-10-11-12-13-14-15-16-17-18-19-20-23-27-30-34-38-46(50)56-44(42-55-57(51,52)54-40-39-47(3,4)5)41-53-45(49)37-33-29-26-24-21-22-25-28-32-36-43(48)35-31-9-7-2/h15-16,18-19,23,25,27-28,32,36,44H,6-14,17,20-22,24,26,29-31,33-35,37-42H2,1-5H3/b16-15-,19-18-,27-23-,28-25-,36-32+/t44-/m1/s1. The lowest BCUT2D eigenvalue weighted by atomic mass is 10.1. The third-order valence-corrected chi connectivity index (χ3v) is 9.95. The number of phosphoric ester groups is 1. The molecule has 0 heterocycles. The second-order valence-corrected chi connectivity index (χ2v) is 17.1. The van der Waals surface area contributed by atoms with Crippen LogP contribution in [0.3, 0.4) is 0 Å². The van der Waals surface area contributed by atoms with Crippen LogP contribution in [0.2, 0.25) is 0 Å². The second kappa shape index (κ2) is 37.6. The number of carbonyl (C=O) groups is 3. The fourth-order valence-electron chi connectivity index (χ4n) is 5.47. The van der Waals surface area contributed by atoms with Crippen molar-refractivity contribution >= 4 is 25.5 Å². The van der Waals surface area contributed by atoms with E-state index >= 15 is 0 Å². The van der Waals surface area contributed by atoms with Crippen molar-refractivity contribution in [1.29, 1.82) is 0 Å². The minimum Gasteiger partial charge on any atom is -0.756 e. The molecule has 328 valence electrons. The Bertz CT molecular complexity index is 1220. The predicted octanol–water partition coefficient (Wildman–Crippen LogP) is 11.0. The highest BCUT2D eigenvalue weighted by Gasteiger charge is 2.21. The molecule has 1 unspecified atom stereocenters. The van der Waals surface area contributed by atoms with Gasteiger partial charge in [-0.1, -0.05) is 133 Å². The van der Waals surface area contributed by atoms with E-state index in [1.165, 1.54) is 38.5 Å². The number of nitrogens with zero attached hydrogens (tertiary/aromatic N) is 1. The lowest BCUT2D eigenvalue weighted by Gasteiger charge is -2.28. The van der Waals surface area contributed by atoms with Gasteiger partial charge in [0.25, 0.3) is 7.82 Å². The van der Waals surface area contributed by atoms with Gasteiger partial charge >= 0.3 is 11.9 Å². The van der Waals surface area contributed by atoms with Crippen molar-refractivity contribution in [1.82, 2.24) is 0 Å². The SMILES string of the molecule is CCCCCCCC/C=C\C/C=C\C/C=C\CCCC(=O)O[C@H](COC(=O)CCCCCCC/C=C\C=C\C(=O)CCCCC)COP(=O)([O-])OCC[N+](C)(C)C. The number of quaternary nitrogens is 1. The van der Waals surface area contributed by atoms with Gasteiger partial charge in [0.2, 0.25) is 0 Å². The number of hydrogen-bond donors (Lipinski definition) is 0. The number of ether oxygens (including phenoxy) is 2. The Balaban J connectivity index is 4.53. The van der Waals surface area contributed by atoms with Gasteiger partial charge in [-0.15, -0.1) is 0 Å². The van der Waals surface area contributed by atoms with E-state index in [9.17, 15) is 23.8 Å². The normalized spacial score (nSPS) is 14.1. The van der Waals surface area contributed by atoms with E-state index in [0.29, 0.717) is 36.7 Å². The minimum absolute atomic E-state index is 0.0567. The molecule has 0 N–H and O–H groups in total. The summed E-state index contributed by atoms with van der Waals surface area (Å²) in [4.78, 5) is 49.2. The average molecular weight is 822 g/mol. The zero-order chi connectivity index (χ0) is 42.3. The number of carbonyl (C=O) groups excluding carboxylic acids is 3. The van der Waals surface area contributed by atoms with Gasteiger partial charge in [-0.25, -0.2) is 0 Å². The van der Waals surface area contributed by atoms with Crippen LogP contribution in [0.1, 0.15) is 162 Å². The molecule has 0 saturated heterocycles. The van der Waals surface area contributed by atoms with Gasteiger partial charge in [0.1, 0.15) is 19.8 Å². The first kappa shape index (κ1) is 54.4. The van der Waals surface area contributed by atoms with Crippen LogP contribution in [0.5, 0.6) is 0 Å². The first-order valence-corrected chi connectivity index (χ1v) is 23.4. The van der Waals surface area contributed by atoms with E-state index in [2.05, 4.69) is 50.3 Å². The van der Waals surface area contributed by atoms with Crippen LogP contribution in [0.25, 0.3) is 0 Å². The van der Waals surface area contributed by atoms with Crippen LogP contribution >= 0.6 is 7.82 Å². The lowest BCUT2D eigenvalue weighted by Crippen LogP contribution is -2.37. The molecule has 0 saturated carbocycles. The molecule has 0 aromatic heterocycles. The highest BCUT2D eigenvalue weighted by molar-refractivity contribution is 7.45. The minimum atomic E-state index is -4.66. The van der Waals surface area contributed by atoms with Gasteiger partial charge in [0.15, 0.2) is 11.9 Å². The third-order valence-electron chi connectivity index (χ3n) is 8.99. The number of ketones is 1. The molecule has 0 aliphatic carbocycles. The van der Waals surface area contributed by atoms with Gasteiger partial charge in [0, 0.05) is 19.3 Å². The van der Waals surface area contributed by atoms with E-state index in [1.807, 2.05) is 39.4 Å². The zero-order valence-corrected chi connectivity index (χ0v) is 37.4. The smallest absolute Gasteiger partial charge is 0.306 e. The van der Waals surface area contributed by atoms with Gasteiger partial charge in [0.05, 0.1) is 27.7 Å². The van der Waals surface area contributed by atoms with E-state index < -0.39 is 32.5 Å². The van der Waals surface area contributed by atoms with Crippen molar-refractivity contribution < 1.29 is 46.8 Å². The third kappa shape index (κ3) is 41.3. The Labute approximate surface area is 347 Å². The number of hydrogen-bond acceptors (Lipinski definition) is 9. The zero-order valence-electron chi connectivity index (χ0n) is 36.5. The number of unbranched alkanes of at least 4 members (excludes halogenated alkanes) is 14. The van der Waals surface area contributed by atoms with E-state index in [4.69, 9.17) is 18.5 Å². The summed E-state index contributed by atoms with van der Waals surface area (Å²) in [5, 5.41) is 0. The van der Waals surface area contributed by atoms with Crippen molar-refractivity contribution in [2.24, 2.45) is 0 Å². The molecule has 2 atom stereocenters. The quantitative estimate of drug-likeness (QED) is 0.0113. The Morgan fingerprint density at radius 2 is 1.12 bits per heavy atom. The molecule has 57 heavy (non-hydrogen) atoms. The highest BCUT2D eigenvalue weighted by atomic mass is 31.2. The summed E-state index contributed by atoms with van der Waals surface area (Å²) < 4.78 is 33.7. The first-order chi connectivity index (χ1) is 27.4. The molecule has 0 aliphatic rings. The largest absolute Gasteiger partial charge is 0.756 e. The Morgan fingerprint density at radius 1 is 0.596 bits per heavy atom. The maximum Gasteiger partial charge on any atom is 0.306 e. The number of phosphoric acid groups is 1. The van der Waals surface area contributed by atoms with Crippen LogP contribution in [-0.4, -0.2) is 75.8 Å². The molecule has 0 bridgehead atoms. The van der Waals surface area contributed by atoms with Crippen molar-refractivity contribution in [2.45, 2.75) is 168 Å². The van der Waals surface area contributed by atoms with Crippen LogP contribution in [0.15, 0.2) is 60.8 Å². The van der Waals surface area contributed by atoms with Crippen molar-refractivity contribution in [3.63, 3.8) is 0 Å². The number of likely N-dealkylation sites (N-methyl/N-ethyl adjacent to an activating group) is 1. The van der Waals surface area contributed by atoms with E-state index in [1.54, 1.807) is 6.08 Å². The molecule has 0 aromatic carbocycles. The van der Waals surface area contributed by atoms with Gasteiger partial charge < -0.3 is 27.9 Å². The molecule has 0 rings (SSSR count). The Kier molecular flexibility index (Phi) is 35.9. The molecular weight excluding hydrogens is 741 g/mol. The summed E-state index contributed by atoms with van der Waals surface area (Å²) in [6, 6.07) is 0. The molecule has 10 nitrogen and oxygen atoms in total. The maximum absolute atomic E-state index is 12.6. The summed E-state index contributed by atoms with van der Waals surface area (Å²) >= 11 is 0. The van der Waals surface area contributed by atoms with Crippen molar-refractivity contribution in [2.75, 3.05) is 47.5 Å². The van der Waals surface area contributed by atoms with Crippen LogP contribution in [-0.2, 0) is 37.5 Å². The molecule has 11 heteroatoms. The Morgan fingerprint density at radius 3 is 1.77 bits per heavy atom. The lowest BCUT2D eigenvalue weighted by molar-refractivity contribution is -0.870. The predicted molar refractivity (Wildman–Crippen MR) is 231 cm³/mol. The van der Waals surface area contributed by atoms with Gasteiger partial charge in [-0.3, -0.25) is 18.9 Å². The summed E-state index contributed by atoms with van der Waals surface area (Å²) in [6.45, 7) is 3.94. The molecule has 0 amide bonds. The van der Waals surface area contributed by atoms with Crippen molar-refractivity contribution in [3.8, 4) is 0 Å². The number of rotatable bonds is 39. The highest BCUT2D eigenvalue weighted by Crippen LogP contribution is 2.38. The molecule has 0 spiro atoms. The molecule has 0 aromatic rings. The second-order valence-electron chi connectivity index (χ2n) is 15.7. The molecule has 0 aliphatic heterocycles. The fourth-order valence-corrected chi connectivity index (χ4v) is 6.20. The van der Waals surface area contributed by atoms with Crippen LogP contribution in [0.4, 0.5) is 0 Å². The first-order valence-electron chi connectivity index (χ1n) is 21.9. The number of allylic oxidation sites excluding steroid dienone is 10. The van der Waals surface area contributed by atoms with Crippen LogP contribution in [0, 0.1) is 0 Å². The summed E-state index contributed by atoms with van der Waals surface area (Å²) in [6.07, 6.45) is 40.9. The van der Waals surface area contributed by atoms with E-state index in [0.717, 1.165) is 70.6 Å². The summed E-state index contributed by atoms with van der Waals surface area (Å²) in [5.74, 6) is -0.788. The summed E-state index contributed by atoms with van der Waals surface area (Å²) in [7, 11) is 1.08. The molecule has 0 radical (unpaired) electrons. The van der Waals surface area contributed by atoms with Gasteiger partial charge in [-0.05, 0) is 70.3 Å². The topological polar surface area (TPSA) is 128 Å². The number of esters is 2. The fraction of sp³-hybridized carbons (Fsp3) is 0.717. The summed E-state index contributed by atoms with van der Waals surface area (Å²) in [5.41, 5.74) is 0. The molecular formula is C46H80NO9P. The average Bonchev–Trinajstić information content (AvgIpc) is 3.15. The maximum atomic E-state index is 12.6. The van der Waals surface area contributed by atoms with Crippen molar-refractivity contribution in [3.05, 3.63) is 60.8 Å². The Hall–Kier alpha value is -2.62. The molecule has 0 fully saturated rings. The van der Waals surface area contributed by atoms with Gasteiger partial charge in [-0.2, -0.15) is 0 Å². The monoisotopic (exact) mass is 822 g/mol. The van der Waals surface area contributed by atoms with E-state index in [-0.39, 0.29) is 31.8 Å².